The number of nitrogens with zero attached hydrogens (tertiary/aromatic N) is 3. The van der Waals surface area contributed by atoms with Gasteiger partial charge in [-0.25, -0.2) is 0 Å². The summed E-state index contributed by atoms with van der Waals surface area (Å²) in [5.74, 6) is 0.960. The van der Waals surface area contributed by atoms with E-state index in [0.717, 1.165) is 5.56 Å². The molecule has 0 atom stereocenters. The van der Waals surface area contributed by atoms with E-state index in [4.69, 9.17) is 22.1 Å². The van der Waals surface area contributed by atoms with Gasteiger partial charge in [0.2, 0.25) is 4.96 Å². The molecular formula is C13H11ClN4O2S. The lowest BCUT2D eigenvalue weighted by atomic mass is 10.2. The number of anilines is 1. The molecule has 0 fully saturated rings. The average molecular weight is 323 g/mol. The zero-order valence-electron chi connectivity index (χ0n) is 11.0. The van der Waals surface area contributed by atoms with Gasteiger partial charge >= 0.3 is 0 Å². The fraction of sp³-hybridized carbons (Fsp3) is 0.154. The minimum atomic E-state index is -0.378. The molecule has 0 spiro atoms. The van der Waals surface area contributed by atoms with Crippen molar-refractivity contribution in [3.8, 4) is 5.75 Å². The lowest BCUT2D eigenvalue weighted by molar-refractivity contribution is 0.304. The van der Waals surface area contributed by atoms with Crippen molar-refractivity contribution >= 4 is 33.7 Å². The van der Waals surface area contributed by atoms with Crippen molar-refractivity contribution in [2.45, 2.75) is 13.5 Å². The highest BCUT2D eigenvalue weighted by Gasteiger charge is 2.08. The summed E-state index contributed by atoms with van der Waals surface area (Å²) in [6.07, 6.45) is 0. The molecule has 6 nitrogen and oxygen atoms in total. The van der Waals surface area contributed by atoms with Crippen LogP contribution in [0.1, 0.15) is 10.6 Å². The van der Waals surface area contributed by atoms with Gasteiger partial charge in [-0.3, -0.25) is 4.79 Å². The molecule has 1 aromatic carbocycles. The summed E-state index contributed by atoms with van der Waals surface area (Å²) in [5, 5.41) is 5.63. The predicted molar refractivity (Wildman–Crippen MR) is 82.1 cm³/mol. The number of nitrogen functional groups attached to an aromatic ring is 1. The Morgan fingerprint density at radius 1 is 1.43 bits per heavy atom. The van der Waals surface area contributed by atoms with E-state index in [1.54, 1.807) is 12.1 Å². The second kappa shape index (κ2) is 5.34. The molecular weight excluding hydrogens is 312 g/mol. The smallest absolute Gasteiger partial charge is 0.276 e. The second-order valence-corrected chi connectivity index (χ2v) is 5.86. The average Bonchev–Trinajstić information content (AvgIpc) is 2.83. The zero-order valence-corrected chi connectivity index (χ0v) is 12.6. The third kappa shape index (κ3) is 2.84. The molecule has 0 bridgehead atoms. The maximum absolute atomic E-state index is 11.3. The summed E-state index contributed by atoms with van der Waals surface area (Å²) in [5.41, 5.74) is 6.29. The molecule has 0 aliphatic carbocycles. The molecule has 2 heterocycles. The molecule has 0 saturated heterocycles. The quantitative estimate of drug-likeness (QED) is 0.800. The van der Waals surface area contributed by atoms with E-state index in [2.05, 4.69) is 10.1 Å². The van der Waals surface area contributed by atoms with Gasteiger partial charge in [-0.15, -0.1) is 0 Å². The number of rotatable bonds is 3. The third-order valence-electron chi connectivity index (χ3n) is 2.82. The fourth-order valence-electron chi connectivity index (χ4n) is 1.79. The molecule has 0 saturated carbocycles. The predicted octanol–water partition coefficient (Wildman–Crippen LogP) is 2.27. The Morgan fingerprint density at radius 3 is 3.00 bits per heavy atom. The van der Waals surface area contributed by atoms with Crippen LogP contribution in [0.25, 0.3) is 4.96 Å². The van der Waals surface area contributed by atoms with Crippen molar-refractivity contribution in [2.24, 2.45) is 0 Å². The number of ether oxygens (including phenoxy) is 1. The van der Waals surface area contributed by atoms with Crippen molar-refractivity contribution < 1.29 is 4.74 Å². The standard InChI is InChI=1S/C13H11ClN4O2S/c1-7-4-8(2-3-9(7)14)20-6-12-17-18-10(15)5-11(19)16-13(18)21-12/h2-5H,6,15H2,1H3. The van der Waals surface area contributed by atoms with E-state index in [1.807, 2.05) is 13.0 Å². The van der Waals surface area contributed by atoms with Crippen molar-refractivity contribution in [3.05, 3.63) is 50.2 Å². The van der Waals surface area contributed by atoms with E-state index in [1.165, 1.54) is 21.9 Å². The maximum Gasteiger partial charge on any atom is 0.276 e. The lowest BCUT2D eigenvalue weighted by Crippen LogP contribution is -2.10. The van der Waals surface area contributed by atoms with Crippen LogP contribution in [0.15, 0.2) is 29.1 Å². The van der Waals surface area contributed by atoms with Crippen LogP contribution >= 0.6 is 22.9 Å². The van der Waals surface area contributed by atoms with Gasteiger partial charge in [0.15, 0.2) is 5.01 Å². The molecule has 0 unspecified atom stereocenters. The molecule has 0 aliphatic heterocycles. The molecule has 108 valence electrons. The Hall–Kier alpha value is -2.12. The highest BCUT2D eigenvalue weighted by Crippen LogP contribution is 2.22. The van der Waals surface area contributed by atoms with Crippen LogP contribution in [-0.4, -0.2) is 14.6 Å². The summed E-state index contributed by atoms with van der Waals surface area (Å²) in [7, 11) is 0. The van der Waals surface area contributed by atoms with Gasteiger partial charge in [-0.1, -0.05) is 22.9 Å². The Kier molecular flexibility index (Phi) is 3.52. The zero-order chi connectivity index (χ0) is 15.0. The number of fused-ring (bicyclic) bond motifs is 1. The molecule has 21 heavy (non-hydrogen) atoms. The molecule has 2 aromatic heterocycles. The number of benzene rings is 1. The third-order valence-corrected chi connectivity index (χ3v) is 4.12. The highest BCUT2D eigenvalue weighted by atomic mass is 35.5. The lowest BCUT2D eigenvalue weighted by Gasteiger charge is -2.05. The molecule has 0 amide bonds. The number of nitrogens with two attached hydrogens (primary N) is 1. The summed E-state index contributed by atoms with van der Waals surface area (Å²) >= 11 is 7.22. The minimum Gasteiger partial charge on any atom is -0.486 e. The number of hydrogen-bond acceptors (Lipinski definition) is 6. The van der Waals surface area contributed by atoms with Gasteiger partial charge in [0.1, 0.15) is 18.2 Å². The van der Waals surface area contributed by atoms with E-state index in [0.29, 0.717) is 20.7 Å². The van der Waals surface area contributed by atoms with Crippen molar-refractivity contribution in [1.82, 2.24) is 14.6 Å². The van der Waals surface area contributed by atoms with E-state index < -0.39 is 0 Å². The fourth-order valence-corrected chi connectivity index (χ4v) is 2.72. The largest absolute Gasteiger partial charge is 0.486 e. The van der Waals surface area contributed by atoms with Crippen LogP contribution in [0.2, 0.25) is 5.02 Å². The van der Waals surface area contributed by atoms with Crippen molar-refractivity contribution in [2.75, 3.05) is 5.73 Å². The first-order valence-electron chi connectivity index (χ1n) is 6.07. The normalized spacial score (nSPS) is 11.0. The molecule has 3 aromatic rings. The maximum atomic E-state index is 11.3. The van der Waals surface area contributed by atoms with Gasteiger partial charge < -0.3 is 10.5 Å². The van der Waals surface area contributed by atoms with E-state index in [-0.39, 0.29) is 18.0 Å². The Morgan fingerprint density at radius 2 is 2.24 bits per heavy atom. The molecule has 2 N–H and O–H groups in total. The van der Waals surface area contributed by atoms with Gasteiger partial charge in [0.25, 0.3) is 5.56 Å². The first kappa shape index (κ1) is 13.8. The SMILES string of the molecule is Cc1cc(OCc2nn3c(N)cc(=O)nc3s2)ccc1Cl. The number of halogens is 1. The van der Waals surface area contributed by atoms with Crippen LogP contribution in [0.3, 0.4) is 0 Å². The Bertz CT molecular complexity index is 874. The van der Waals surface area contributed by atoms with E-state index >= 15 is 0 Å². The monoisotopic (exact) mass is 322 g/mol. The van der Waals surface area contributed by atoms with Gasteiger partial charge in [0, 0.05) is 11.1 Å². The Balaban J connectivity index is 1.83. The summed E-state index contributed by atoms with van der Waals surface area (Å²) in [6, 6.07) is 6.66. The number of hydrogen-bond donors (Lipinski definition) is 1. The number of aromatic nitrogens is 3. The van der Waals surface area contributed by atoms with E-state index in [9.17, 15) is 4.79 Å². The first-order chi connectivity index (χ1) is 10.0. The van der Waals surface area contributed by atoms with Gasteiger partial charge in [0.05, 0.1) is 0 Å². The summed E-state index contributed by atoms with van der Waals surface area (Å²) in [4.78, 5) is 15.6. The van der Waals surface area contributed by atoms with Crippen LogP contribution in [0, 0.1) is 6.92 Å². The van der Waals surface area contributed by atoms with Crippen LogP contribution in [0.5, 0.6) is 5.75 Å². The van der Waals surface area contributed by atoms with Crippen molar-refractivity contribution in [1.29, 1.82) is 0 Å². The topological polar surface area (TPSA) is 82.5 Å². The van der Waals surface area contributed by atoms with Crippen molar-refractivity contribution in [3.63, 3.8) is 0 Å². The minimum absolute atomic E-state index is 0.259. The first-order valence-corrected chi connectivity index (χ1v) is 7.26. The van der Waals surface area contributed by atoms with Crippen LogP contribution in [-0.2, 0) is 6.61 Å². The molecule has 0 radical (unpaired) electrons. The van der Waals surface area contributed by atoms with Gasteiger partial charge in [-0.05, 0) is 30.7 Å². The van der Waals surface area contributed by atoms with Gasteiger partial charge in [-0.2, -0.15) is 14.6 Å². The van der Waals surface area contributed by atoms with Crippen LogP contribution < -0.4 is 16.0 Å². The molecule has 0 aliphatic rings. The van der Waals surface area contributed by atoms with Crippen LogP contribution in [0.4, 0.5) is 5.82 Å². The second-order valence-electron chi connectivity index (χ2n) is 4.41. The summed E-state index contributed by atoms with van der Waals surface area (Å²) < 4.78 is 7.09. The number of aryl methyl sites for hydroxylation is 1. The molecule has 3 rings (SSSR count). The summed E-state index contributed by atoms with van der Waals surface area (Å²) in [6.45, 7) is 2.17. The highest BCUT2D eigenvalue weighted by molar-refractivity contribution is 7.16. The molecule has 8 heteroatoms. The Labute approximate surface area is 128 Å².